The Morgan fingerprint density at radius 3 is 2.65 bits per heavy atom. The molecular formula is C17H15BrN2O4S2. The van der Waals surface area contributed by atoms with Crippen LogP contribution in [0.4, 0.5) is 0 Å². The van der Waals surface area contributed by atoms with Gasteiger partial charge in [-0.1, -0.05) is 11.3 Å². The fourth-order valence-corrected chi connectivity index (χ4v) is 4.74. The van der Waals surface area contributed by atoms with E-state index in [2.05, 4.69) is 20.9 Å². The van der Waals surface area contributed by atoms with E-state index < -0.39 is 5.97 Å². The summed E-state index contributed by atoms with van der Waals surface area (Å²) in [6.45, 7) is 1.03. The van der Waals surface area contributed by atoms with Crippen molar-refractivity contribution in [3.8, 4) is 0 Å². The van der Waals surface area contributed by atoms with Crippen LogP contribution in [-0.2, 0) is 16.0 Å². The Labute approximate surface area is 165 Å². The van der Waals surface area contributed by atoms with E-state index in [-0.39, 0.29) is 5.91 Å². The van der Waals surface area contributed by atoms with Crippen molar-refractivity contribution in [1.82, 2.24) is 4.57 Å². The van der Waals surface area contributed by atoms with E-state index in [1.165, 1.54) is 29.8 Å². The van der Waals surface area contributed by atoms with Crippen LogP contribution in [0.2, 0.25) is 0 Å². The lowest BCUT2D eigenvalue weighted by Gasteiger charge is -2.04. The third kappa shape index (κ3) is 3.96. The summed E-state index contributed by atoms with van der Waals surface area (Å²) in [7, 11) is 2.97. The molecule has 0 fully saturated rings. The summed E-state index contributed by atoms with van der Waals surface area (Å²) in [6, 6.07) is 8.84. The number of methoxy groups -OCH3 is 2. The van der Waals surface area contributed by atoms with E-state index in [9.17, 15) is 9.59 Å². The summed E-state index contributed by atoms with van der Waals surface area (Å²) >= 11 is 6.04. The first kappa shape index (κ1) is 19.0. The molecule has 0 saturated carbocycles. The molecular weight excluding hydrogens is 440 g/mol. The molecule has 0 N–H and O–H groups in total. The lowest BCUT2D eigenvalue weighted by Crippen LogP contribution is -2.19. The van der Waals surface area contributed by atoms with Gasteiger partial charge in [-0.2, -0.15) is 4.99 Å². The monoisotopic (exact) mass is 454 g/mol. The molecule has 0 aliphatic rings. The molecule has 0 bridgehead atoms. The average molecular weight is 455 g/mol. The smallest absolute Gasteiger partial charge is 0.337 e. The number of fused-ring (bicyclic) bond motifs is 1. The number of thiophene rings is 1. The molecule has 0 radical (unpaired) electrons. The van der Waals surface area contributed by atoms with Gasteiger partial charge in [0, 0.05) is 13.7 Å². The van der Waals surface area contributed by atoms with E-state index in [1.54, 1.807) is 25.3 Å². The average Bonchev–Trinajstić information content (AvgIpc) is 3.22. The predicted octanol–water partition coefficient (Wildman–Crippen LogP) is 3.70. The van der Waals surface area contributed by atoms with Gasteiger partial charge in [0.25, 0.3) is 5.91 Å². The zero-order chi connectivity index (χ0) is 18.7. The number of nitrogens with zero attached hydrogens (tertiary/aromatic N) is 2. The van der Waals surface area contributed by atoms with E-state index in [4.69, 9.17) is 9.47 Å². The molecule has 2 aromatic heterocycles. The quantitative estimate of drug-likeness (QED) is 0.551. The number of ether oxygens (including phenoxy) is 2. The number of esters is 1. The number of amides is 1. The SMILES string of the molecule is COCCn1c(=NC(=O)c2ccc(Br)s2)sc2cc(C(=O)OC)ccc21. The standard InChI is InChI=1S/C17H15BrN2O4S2/c1-23-8-7-20-11-4-3-10(16(22)24-2)9-13(11)26-17(20)19-15(21)12-5-6-14(18)25-12/h3-6,9H,7-8H2,1-2H3. The summed E-state index contributed by atoms with van der Waals surface area (Å²) in [4.78, 5) is 29.6. The van der Waals surface area contributed by atoms with Crippen LogP contribution < -0.4 is 4.80 Å². The minimum Gasteiger partial charge on any atom is -0.465 e. The first-order valence-corrected chi connectivity index (χ1v) is 10.0. The summed E-state index contributed by atoms with van der Waals surface area (Å²) < 4.78 is 13.6. The Bertz CT molecular complexity index is 1030. The molecule has 0 atom stereocenters. The Kier molecular flexibility index (Phi) is 6.02. The van der Waals surface area contributed by atoms with Gasteiger partial charge in [0.1, 0.15) is 0 Å². The van der Waals surface area contributed by atoms with Gasteiger partial charge in [-0.05, 0) is 46.3 Å². The molecule has 9 heteroatoms. The number of hydrogen-bond donors (Lipinski definition) is 0. The minimum atomic E-state index is -0.401. The van der Waals surface area contributed by atoms with E-state index in [0.717, 1.165) is 14.0 Å². The second-order valence-corrected chi connectivity index (χ2v) is 8.70. The van der Waals surface area contributed by atoms with Crippen molar-refractivity contribution in [3.05, 3.63) is 49.4 Å². The van der Waals surface area contributed by atoms with Crippen molar-refractivity contribution in [2.45, 2.75) is 6.54 Å². The highest BCUT2D eigenvalue weighted by molar-refractivity contribution is 9.11. The summed E-state index contributed by atoms with van der Waals surface area (Å²) in [6.07, 6.45) is 0. The predicted molar refractivity (Wildman–Crippen MR) is 105 cm³/mol. The number of carbonyl (C=O) groups excluding carboxylic acids is 2. The van der Waals surface area contributed by atoms with Crippen molar-refractivity contribution >= 4 is 60.7 Å². The number of rotatable bonds is 5. The molecule has 1 amide bonds. The van der Waals surface area contributed by atoms with Crippen LogP contribution >= 0.6 is 38.6 Å². The van der Waals surface area contributed by atoms with Crippen LogP contribution in [-0.4, -0.2) is 37.3 Å². The van der Waals surface area contributed by atoms with Gasteiger partial charge in [-0.3, -0.25) is 4.79 Å². The highest BCUT2D eigenvalue weighted by Gasteiger charge is 2.13. The first-order chi connectivity index (χ1) is 12.5. The molecule has 0 unspecified atom stereocenters. The maximum atomic E-state index is 12.5. The van der Waals surface area contributed by atoms with Gasteiger partial charge in [0.05, 0.1) is 38.2 Å². The third-order valence-corrected chi connectivity index (χ3v) is 6.26. The van der Waals surface area contributed by atoms with Crippen molar-refractivity contribution in [2.75, 3.05) is 20.8 Å². The fourth-order valence-electron chi connectivity index (χ4n) is 2.37. The van der Waals surface area contributed by atoms with Gasteiger partial charge in [0.15, 0.2) is 4.80 Å². The lowest BCUT2D eigenvalue weighted by molar-refractivity contribution is 0.0601. The molecule has 3 aromatic rings. The summed E-state index contributed by atoms with van der Waals surface area (Å²) in [5, 5.41) is 0. The van der Waals surface area contributed by atoms with Crippen molar-refractivity contribution in [1.29, 1.82) is 0 Å². The van der Waals surface area contributed by atoms with Gasteiger partial charge < -0.3 is 14.0 Å². The third-order valence-electron chi connectivity index (χ3n) is 3.60. The van der Waals surface area contributed by atoms with Gasteiger partial charge in [-0.25, -0.2) is 4.79 Å². The fraction of sp³-hybridized carbons (Fsp3) is 0.235. The van der Waals surface area contributed by atoms with Crippen molar-refractivity contribution < 1.29 is 19.1 Å². The summed E-state index contributed by atoms with van der Waals surface area (Å²) in [5.74, 6) is -0.701. The maximum absolute atomic E-state index is 12.5. The van der Waals surface area contributed by atoms with Gasteiger partial charge >= 0.3 is 5.97 Å². The highest BCUT2D eigenvalue weighted by atomic mass is 79.9. The highest BCUT2D eigenvalue weighted by Crippen LogP contribution is 2.23. The van der Waals surface area contributed by atoms with Crippen LogP contribution in [0.5, 0.6) is 0 Å². The van der Waals surface area contributed by atoms with E-state index >= 15 is 0 Å². The molecule has 1 aromatic carbocycles. The Morgan fingerprint density at radius 2 is 2.00 bits per heavy atom. The van der Waals surface area contributed by atoms with Crippen molar-refractivity contribution in [3.63, 3.8) is 0 Å². The van der Waals surface area contributed by atoms with Crippen LogP contribution in [0, 0.1) is 0 Å². The number of benzene rings is 1. The number of thiazole rings is 1. The van der Waals surface area contributed by atoms with Crippen LogP contribution in [0.1, 0.15) is 20.0 Å². The normalized spacial score (nSPS) is 11.9. The van der Waals surface area contributed by atoms with Crippen LogP contribution in [0.15, 0.2) is 39.1 Å². The molecule has 0 aliphatic heterocycles. The minimum absolute atomic E-state index is 0.299. The second-order valence-electron chi connectivity index (χ2n) is 5.22. The summed E-state index contributed by atoms with van der Waals surface area (Å²) in [5.41, 5.74) is 1.35. The number of hydrogen-bond acceptors (Lipinski definition) is 6. The Hall–Kier alpha value is -1.81. The zero-order valence-corrected chi connectivity index (χ0v) is 17.2. The molecule has 0 aliphatic carbocycles. The number of aromatic nitrogens is 1. The topological polar surface area (TPSA) is 69.9 Å². The van der Waals surface area contributed by atoms with E-state index in [1.807, 2.05) is 16.7 Å². The number of halogens is 1. The largest absolute Gasteiger partial charge is 0.465 e. The molecule has 3 rings (SSSR count). The van der Waals surface area contributed by atoms with Crippen molar-refractivity contribution in [2.24, 2.45) is 4.99 Å². The van der Waals surface area contributed by atoms with Crippen LogP contribution in [0.25, 0.3) is 10.2 Å². The zero-order valence-electron chi connectivity index (χ0n) is 14.0. The first-order valence-electron chi connectivity index (χ1n) is 7.58. The molecule has 6 nitrogen and oxygen atoms in total. The molecule has 0 saturated heterocycles. The molecule has 2 heterocycles. The number of carbonyl (C=O) groups is 2. The van der Waals surface area contributed by atoms with E-state index in [0.29, 0.717) is 28.4 Å². The van der Waals surface area contributed by atoms with Crippen LogP contribution in [0.3, 0.4) is 0 Å². The lowest BCUT2D eigenvalue weighted by atomic mass is 10.2. The molecule has 26 heavy (non-hydrogen) atoms. The maximum Gasteiger partial charge on any atom is 0.337 e. The Balaban J connectivity index is 2.11. The second kappa shape index (κ2) is 8.26. The molecule has 136 valence electrons. The van der Waals surface area contributed by atoms with Gasteiger partial charge in [-0.15, -0.1) is 11.3 Å². The van der Waals surface area contributed by atoms with Gasteiger partial charge in [0.2, 0.25) is 0 Å². The molecule has 0 spiro atoms. The Morgan fingerprint density at radius 1 is 1.19 bits per heavy atom.